The first-order chi connectivity index (χ1) is 11.8. The number of thiazole rings is 1. The third-order valence-corrected chi connectivity index (χ3v) is 5.40. The normalized spacial score (nSPS) is 10.8. The van der Waals surface area contributed by atoms with Gasteiger partial charge >= 0.3 is 0 Å². The molecular formula is C18H13N3OS2. The minimum absolute atomic E-state index is 0.00520. The van der Waals surface area contributed by atoms with Gasteiger partial charge in [0.1, 0.15) is 15.4 Å². The van der Waals surface area contributed by atoms with Gasteiger partial charge in [0, 0.05) is 22.3 Å². The zero-order valence-corrected chi connectivity index (χ0v) is 14.2. The second-order valence-electron chi connectivity index (χ2n) is 5.23. The van der Waals surface area contributed by atoms with E-state index in [0.29, 0.717) is 6.42 Å². The summed E-state index contributed by atoms with van der Waals surface area (Å²) in [6, 6.07) is 15.5. The lowest BCUT2D eigenvalue weighted by molar-refractivity contribution is -0.115. The Labute approximate surface area is 146 Å². The largest absolute Gasteiger partial charge is 0.326 e. The first-order valence-electron chi connectivity index (χ1n) is 7.42. The number of hydrogen-bond donors (Lipinski definition) is 1. The standard InChI is InChI=1S/C18H13N3OS2/c22-16(11-14-3-2-10-23-14)20-13-7-5-12(6-8-13)17-21-15-4-1-9-19-18(15)24-17/h1-10H,11H2,(H,20,22). The van der Waals surface area contributed by atoms with Gasteiger partial charge in [-0.2, -0.15) is 0 Å². The van der Waals surface area contributed by atoms with E-state index in [1.807, 2.05) is 53.9 Å². The molecule has 118 valence electrons. The van der Waals surface area contributed by atoms with Gasteiger partial charge < -0.3 is 5.32 Å². The number of fused-ring (bicyclic) bond motifs is 1. The van der Waals surface area contributed by atoms with Crippen molar-refractivity contribution in [1.29, 1.82) is 0 Å². The molecule has 1 N–H and O–H groups in total. The third kappa shape index (κ3) is 3.20. The number of anilines is 1. The number of rotatable bonds is 4. The third-order valence-electron chi connectivity index (χ3n) is 3.50. The molecule has 1 aromatic carbocycles. The summed E-state index contributed by atoms with van der Waals surface area (Å²) in [5.41, 5.74) is 2.72. The fourth-order valence-corrected chi connectivity index (χ4v) is 3.98. The van der Waals surface area contributed by atoms with Gasteiger partial charge in [-0.05, 0) is 47.8 Å². The summed E-state index contributed by atoms with van der Waals surface area (Å²) in [5, 5.41) is 5.83. The van der Waals surface area contributed by atoms with Crippen LogP contribution in [0.2, 0.25) is 0 Å². The van der Waals surface area contributed by atoms with Crippen molar-refractivity contribution in [3.8, 4) is 10.6 Å². The van der Waals surface area contributed by atoms with E-state index in [0.717, 1.165) is 31.5 Å². The number of amides is 1. The molecule has 0 atom stereocenters. The molecule has 24 heavy (non-hydrogen) atoms. The SMILES string of the molecule is O=C(Cc1cccs1)Nc1ccc(-c2nc3cccnc3s2)cc1. The van der Waals surface area contributed by atoms with Gasteiger partial charge in [-0.15, -0.1) is 11.3 Å². The Kier molecular flexibility index (Phi) is 4.06. The van der Waals surface area contributed by atoms with Crippen LogP contribution in [0.5, 0.6) is 0 Å². The number of carbonyl (C=O) groups is 1. The second kappa shape index (κ2) is 6.51. The van der Waals surface area contributed by atoms with Crippen molar-refractivity contribution in [1.82, 2.24) is 9.97 Å². The van der Waals surface area contributed by atoms with Crippen molar-refractivity contribution in [3.05, 3.63) is 65.0 Å². The van der Waals surface area contributed by atoms with E-state index in [-0.39, 0.29) is 5.91 Å². The van der Waals surface area contributed by atoms with Crippen LogP contribution in [0, 0.1) is 0 Å². The quantitative estimate of drug-likeness (QED) is 0.584. The van der Waals surface area contributed by atoms with E-state index in [2.05, 4.69) is 15.3 Å². The van der Waals surface area contributed by atoms with E-state index in [9.17, 15) is 4.79 Å². The molecule has 4 aromatic rings. The average molecular weight is 351 g/mol. The molecule has 0 fully saturated rings. The van der Waals surface area contributed by atoms with E-state index in [1.54, 1.807) is 28.9 Å². The van der Waals surface area contributed by atoms with Crippen LogP contribution in [0.3, 0.4) is 0 Å². The van der Waals surface area contributed by atoms with Crippen molar-refractivity contribution in [3.63, 3.8) is 0 Å². The molecule has 0 aliphatic heterocycles. The van der Waals surface area contributed by atoms with Crippen LogP contribution in [0.1, 0.15) is 4.88 Å². The van der Waals surface area contributed by atoms with E-state index < -0.39 is 0 Å². The van der Waals surface area contributed by atoms with E-state index >= 15 is 0 Å². The van der Waals surface area contributed by atoms with Crippen LogP contribution in [-0.4, -0.2) is 15.9 Å². The molecule has 3 heterocycles. The molecular weight excluding hydrogens is 338 g/mol. The van der Waals surface area contributed by atoms with Crippen LogP contribution < -0.4 is 5.32 Å². The lowest BCUT2D eigenvalue weighted by Gasteiger charge is -2.05. The molecule has 0 spiro atoms. The fourth-order valence-electron chi connectivity index (χ4n) is 2.37. The Morgan fingerprint density at radius 1 is 1.08 bits per heavy atom. The monoisotopic (exact) mass is 351 g/mol. The molecule has 0 saturated heterocycles. The zero-order valence-electron chi connectivity index (χ0n) is 12.6. The topological polar surface area (TPSA) is 54.9 Å². The molecule has 6 heteroatoms. The number of pyridine rings is 1. The summed E-state index contributed by atoms with van der Waals surface area (Å²) in [6.07, 6.45) is 2.18. The van der Waals surface area contributed by atoms with Gasteiger partial charge in [0.15, 0.2) is 0 Å². The fraction of sp³-hybridized carbons (Fsp3) is 0.0556. The maximum absolute atomic E-state index is 12.0. The molecule has 0 unspecified atom stereocenters. The first kappa shape index (κ1) is 15.0. The summed E-state index contributed by atoms with van der Waals surface area (Å²) in [5.74, 6) is -0.00520. The van der Waals surface area contributed by atoms with Gasteiger partial charge in [-0.3, -0.25) is 4.79 Å². The molecule has 0 aliphatic rings. The van der Waals surface area contributed by atoms with Gasteiger partial charge in [0.05, 0.1) is 6.42 Å². The molecule has 3 aromatic heterocycles. The molecule has 0 radical (unpaired) electrons. The van der Waals surface area contributed by atoms with Crippen LogP contribution in [0.4, 0.5) is 5.69 Å². The smallest absolute Gasteiger partial charge is 0.229 e. The van der Waals surface area contributed by atoms with Crippen LogP contribution >= 0.6 is 22.7 Å². The zero-order chi connectivity index (χ0) is 16.4. The minimum Gasteiger partial charge on any atom is -0.326 e. The maximum Gasteiger partial charge on any atom is 0.229 e. The highest BCUT2D eigenvalue weighted by Gasteiger charge is 2.08. The Morgan fingerprint density at radius 2 is 1.96 bits per heavy atom. The number of benzene rings is 1. The first-order valence-corrected chi connectivity index (χ1v) is 9.12. The number of carbonyl (C=O) groups excluding carboxylic acids is 1. The number of thiophene rings is 1. The average Bonchev–Trinajstić information content (AvgIpc) is 3.24. The Bertz CT molecular complexity index is 942. The van der Waals surface area contributed by atoms with Crippen molar-refractivity contribution in [2.75, 3.05) is 5.32 Å². The number of nitrogens with zero attached hydrogens (tertiary/aromatic N) is 2. The molecule has 4 nitrogen and oxygen atoms in total. The van der Waals surface area contributed by atoms with Gasteiger partial charge in [0.2, 0.25) is 5.91 Å². The highest BCUT2D eigenvalue weighted by atomic mass is 32.1. The number of aromatic nitrogens is 2. The molecule has 4 rings (SSSR count). The Morgan fingerprint density at radius 3 is 2.71 bits per heavy atom. The lowest BCUT2D eigenvalue weighted by atomic mass is 10.2. The van der Waals surface area contributed by atoms with E-state index in [4.69, 9.17) is 0 Å². The highest BCUT2D eigenvalue weighted by molar-refractivity contribution is 7.21. The second-order valence-corrected chi connectivity index (χ2v) is 7.24. The number of nitrogens with one attached hydrogen (secondary N) is 1. The summed E-state index contributed by atoms with van der Waals surface area (Å²) >= 11 is 3.15. The molecule has 0 saturated carbocycles. The summed E-state index contributed by atoms with van der Waals surface area (Å²) in [7, 11) is 0. The van der Waals surface area contributed by atoms with Gasteiger partial charge in [-0.1, -0.05) is 17.4 Å². The minimum atomic E-state index is -0.00520. The maximum atomic E-state index is 12.0. The van der Waals surface area contributed by atoms with Crippen LogP contribution in [-0.2, 0) is 11.2 Å². The van der Waals surface area contributed by atoms with Crippen molar-refractivity contribution in [2.45, 2.75) is 6.42 Å². The van der Waals surface area contributed by atoms with Crippen LogP contribution in [0.15, 0.2) is 60.1 Å². The predicted octanol–water partition coefficient (Wildman–Crippen LogP) is 4.60. The summed E-state index contributed by atoms with van der Waals surface area (Å²) in [4.78, 5) is 22.9. The van der Waals surface area contributed by atoms with Gasteiger partial charge in [-0.25, -0.2) is 9.97 Å². The molecule has 1 amide bonds. The summed E-state index contributed by atoms with van der Waals surface area (Å²) in [6.45, 7) is 0. The highest BCUT2D eigenvalue weighted by Crippen LogP contribution is 2.29. The van der Waals surface area contributed by atoms with Gasteiger partial charge in [0.25, 0.3) is 0 Å². The van der Waals surface area contributed by atoms with Crippen molar-refractivity contribution < 1.29 is 4.79 Å². The Balaban J connectivity index is 1.49. The molecule has 0 bridgehead atoms. The number of hydrogen-bond acceptors (Lipinski definition) is 5. The van der Waals surface area contributed by atoms with E-state index in [1.165, 1.54) is 0 Å². The van der Waals surface area contributed by atoms with Crippen LogP contribution in [0.25, 0.3) is 20.9 Å². The lowest BCUT2D eigenvalue weighted by Crippen LogP contribution is -2.13. The van der Waals surface area contributed by atoms with Crippen molar-refractivity contribution >= 4 is 44.6 Å². The Hall–Kier alpha value is -2.57. The molecule has 0 aliphatic carbocycles. The summed E-state index contributed by atoms with van der Waals surface area (Å²) < 4.78 is 0. The predicted molar refractivity (Wildman–Crippen MR) is 99.5 cm³/mol. The van der Waals surface area contributed by atoms with Crippen molar-refractivity contribution in [2.24, 2.45) is 0 Å².